The van der Waals surface area contributed by atoms with Crippen LogP contribution < -0.4 is 10.5 Å². The lowest BCUT2D eigenvalue weighted by atomic mass is 10.0. The number of methoxy groups -OCH3 is 1. The molecule has 1 aromatic carbocycles. The SMILES string of the molecule is COc1ccc(C2CCCCCN2Cc2noc(CN)n2)cc1. The van der Waals surface area contributed by atoms with Crippen molar-refractivity contribution in [2.24, 2.45) is 5.73 Å². The fourth-order valence-electron chi connectivity index (χ4n) is 3.18. The normalized spacial score (nSPS) is 19.5. The Labute approximate surface area is 136 Å². The topological polar surface area (TPSA) is 77.4 Å². The van der Waals surface area contributed by atoms with Gasteiger partial charge in [-0.05, 0) is 37.1 Å². The van der Waals surface area contributed by atoms with Crippen LogP contribution in [-0.2, 0) is 13.1 Å². The van der Waals surface area contributed by atoms with E-state index in [9.17, 15) is 0 Å². The summed E-state index contributed by atoms with van der Waals surface area (Å²) in [7, 11) is 1.69. The van der Waals surface area contributed by atoms with E-state index in [4.69, 9.17) is 15.0 Å². The Hall–Kier alpha value is -1.92. The van der Waals surface area contributed by atoms with Crippen LogP contribution in [0.4, 0.5) is 0 Å². The molecule has 1 aromatic heterocycles. The summed E-state index contributed by atoms with van der Waals surface area (Å²) in [6.07, 6.45) is 4.86. The highest BCUT2D eigenvalue weighted by molar-refractivity contribution is 5.29. The molecule has 3 rings (SSSR count). The Kier molecular flexibility index (Phi) is 5.25. The first-order chi connectivity index (χ1) is 11.3. The van der Waals surface area contributed by atoms with E-state index in [2.05, 4.69) is 27.2 Å². The molecule has 1 unspecified atom stereocenters. The second-order valence-electron chi connectivity index (χ2n) is 5.92. The third kappa shape index (κ3) is 3.89. The number of rotatable bonds is 5. The molecule has 0 spiro atoms. The van der Waals surface area contributed by atoms with Crippen molar-refractivity contribution < 1.29 is 9.26 Å². The van der Waals surface area contributed by atoms with Gasteiger partial charge in [0.25, 0.3) is 0 Å². The zero-order valence-corrected chi connectivity index (χ0v) is 13.6. The molecule has 2 N–H and O–H groups in total. The van der Waals surface area contributed by atoms with E-state index in [1.54, 1.807) is 7.11 Å². The Bertz CT molecular complexity index is 611. The highest BCUT2D eigenvalue weighted by atomic mass is 16.5. The highest BCUT2D eigenvalue weighted by Crippen LogP contribution is 2.31. The number of hydrogen-bond acceptors (Lipinski definition) is 6. The molecule has 2 heterocycles. The van der Waals surface area contributed by atoms with E-state index in [0.29, 0.717) is 24.3 Å². The van der Waals surface area contributed by atoms with Crippen molar-refractivity contribution in [3.63, 3.8) is 0 Å². The minimum Gasteiger partial charge on any atom is -0.497 e. The predicted molar refractivity (Wildman–Crippen MR) is 86.8 cm³/mol. The molecule has 1 saturated heterocycles. The van der Waals surface area contributed by atoms with Crippen molar-refractivity contribution in [3.05, 3.63) is 41.5 Å². The van der Waals surface area contributed by atoms with Crippen molar-refractivity contribution in [2.45, 2.75) is 44.8 Å². The Morgan fingerprint density at radius 1 is 1.26 bits per heavy atom. The number of benzene rings is 1. The first-order valence-electron chi connectivity index (χ1n) is 8.19. The number of likely N-dealkylation sites (tertiary alicyclic amines) is 1. The Morgan fingerprint density at radius 3 is 2.78 bits per heavy atom. The first kappa shape index (κ1) is 16.0. The van der Waals surface area contributed by atoms with Crippen LogP contribution in [-0.4, -0.2) is 28.7 Å². The van der Waals surface area contributed by atoms with Crippen LogP contribution in [0.5, 0.6) is 5.75 Å². The standard InChI is InChI=1S/C17H24N4O2/c1-22-14-8-6-13(7-9-14)15-5-3-2-4-10-21(15)12-16-19-17(11-18)23-20-16/h6-9,15H,2-5,10-12,18H2,1H3. The maximum atomic E-state index is 5.55. The summed E-state index contributed by atoms with van der Waals surface area (Å²) in [5.41, 5.74) is 6.86. The number of nitrogens with two attached hydrogens (primary N) is 1. The number of aromatic nitrogens is 2. The van der Waals surface area contributed by atoms with Crippen molar-refractivity contribution in [1.29, 1.82) is 0 Å². The molecule has 2 aromatic rings. The molecule has 0 radical (unpaired) electrons. The molecule has 0 aliphatic carbocycles. The highest BCUT2D eigenvalue weighted by Gasteiger charge is 2.24. The van der Waals surface area contributed by atoms with E-state index >= 15 is 0 Å². The van der Waals surface area contributed by atoms with Crippen molar-refractivity contribution in [2.75, 3.05) is 13.7 Å². The quantitative estimate of drug-likeness (QED) is 0.914. The molecule has 124 valence electrons. The summed E-state index contributed by atoms with van der Waals surface area (Å²) in [6.45, 7) is 2.03. The fraction of sp³-hybridized carbons (Fsp3) is 0.529. The number of hydrogen-bond donors (Lipinski definition) is 1. The van der Waals surface area contributed by atoms with Crippen LogP contribution in [0.3, 0.4) is 0 Å². The van der Waals surface area contributed by atoms with Crippen molar-refractivity contribution in [3.8, 4) is 5.75 Å². The molecule has 6 heteroatoms. The van der Waals surface area contributed by atoms with Gasteiger partial charge in [0, 0.05) is 6.04 Å². The molecule has 1 aliphatic rings. The average Bonchev–Trinajstić information content (AvgIpc) is 2.92. The third-order valence-corrected chi connectivity index (χ3v) is 4.39. The Morgan fingerprint density at radius 2 is 2.09 bits per heavy atom. The molecule has 0 bridgehead atoms. The maximum Gasteiger partial charge on any atom is 0.240 e. The van der Waals surface area contributed by atoms with E-state index in [1.165, 1.54) is 24.8 Å². The zero-order chi connectivity index (χ0) is 16.1. The van der Waals surface area contributed by atoms with Gasteiger partial charge in [-0.3, -0.25) is 4.90 Å². The summed E-state index contributed by atoms with van der Waals surface area (Å²) in [4.78, 5) is 6.79. The van der Waals surface area contributed by atoms with Gasteiger partial charge in [-0.15, -0.1) is 0 Å². The number of ether oxygens (including phenoxy) is 1. The van der Waals surface area contributed by atoms with Crippen LogP contribution in [0.1, 0.15) is 49.0 Å². The molecule has 1 atom stereocenters. The first-order valence-corrected chi connectivity index (χ1v) is 8.19. The summed E-state index contributed by atoms with van der Waals surface area (Å²) in [5.74, 6) is 2.10. The smallest absolute Gasteiger partial charge is 0.240 e. The van der Waals surface area contributed by atoms with Crippen LogP contribution in [0.2, 0.25) is 0 Å². The fourth-order valence-corrected chi connectivity index (χ4v) is 3.18. The van der Waals surface area contributed by atoms with Crippen LogP contribution in [0.25, 0.3) is 0 Å². The van der Waals surface area contributed by atoms with Crippen LogP contribution in [0.15, 0.2) is 28.8 Å². The summed E-state index contributed by atoms with van der Waals surface area (Å²) < 4.78 is 10.4. The van der Waals surface area contributed by atoms with Gasteiger partial charge in [-0.1, -0.05) is 30.1 Å². The largest absolute Gasteiger partial charge is 0.497 e. The minimum atomic E-state index is 0.287. The summed E-state index contributed by atoms with van der Waals surface area (Å²) in [6, 6.07) is 8.74. The lowest BCUT2D eigenvalue weighted by Crippen LogP contribution is -2.28. The average molecular weight is 316 g/mol. The maximum absolute atomic E-state index is 5.55. The molecule has 0 saturated carbocycles. The second-order valence-corrected chi connectivity index (χ2v) is 5.92. The van der Waals surface area contributed by atoms with Gasteiger partial charge in [0.05, 0.1) is 20.2 Å². The van der Waals surface area contributed by atoms with Crippen LogP contribution >= 0.6 is 0 Å². The molecular weight excluding hydrogens is 292 g/mol. The predicted octanol–water partition coefficient (Wildman–Crippen LogP) is 2.65. The van der Waals surface area contributed by atoms with E-state index in [0.717, 1.165) is 18.7 Å². The van der Waals surface area contributed by atoms with Gasteiger partial charge in [0.2, 0.25) is 5.89 Å². The van der Waals surface area contributed by atoms with Gasteiger partial charge in [0.15, 0.2) is 5.82 Å². The van der Waals surface area contributed by atoms with E-state index < -0.39 is 0 Å². The third-order valence-electron chi connectivity index (χ3n) is 4.39. The monoisotopic (exact) mass is 316 g/mol. The summed E-state index contributed by atoms with van der Waals surface area (Å²) in [5, 5.41) is 4.04. The molecular formula is C17H24N4O2. The molecule has 0 amide bonds. The Balaban J connectivity index is 1.78. The summed E-state index contributed by atoms with van der Waals surface area (Å²) >= 11 is 0. The van der Waals surface area contributed by atoms with E-state index in [1.807, 2.05) is 12.1 Å². The zero-order valence-electron chi connectivity index (χ0n) is 13.6. The minimum absolute atomic E-state index is 0.287. The molecule has 1 aliphatic heterocycles. The second kappa shape index (κ2) is 7.57. The molecule has 6 nitrogen and oxygen atoms in total. The van der Waals surface area contributed by atoms with Crippen molar-refractivity contribution in [1.82, 2.24) is 15.0 Å². The molecule has 23 heavy (non-hydrogen) atoms. The van der Waals surface area contributed by atoms with Crippen molar-refractivity contribution >= 4 is 0 Å². The molecule has 1 fully saturated rings. The lowest BCUT2D eigenvalue weighted by molar-refractivity contribution is 0.185. The van der Waals surface area contributed by atoms with Gasteiger partial charge in [-0.25, -0.2) is 0 Å². The van der Waals surface area contributed by atoms with Gasteiger partial charge < -0.3 is 15.0 Å². The van der Waals surface area contributed by atoms with Gasteiger partial charge in [-0.2, -0.15) is 4.98 Å². The van der Waals surface area contributed by atoms with Crippen LogP contribution in [0, 0.1) is 0 Å². The van der Waals surface area contributed by atoms with E-state index in [-0.39, 0.29) is 6.54 Å². The van der Waals surface area contributed by atoms with Gasteiger partial charge >= 0.3 is 0 Å². The lowest BCUT2D eigenvalue weighted by Gasteiger charge is -2.29. The van der Waals surface area contributed by atoms with Gasteiger partial charge in [0.1, 0.15) is 5.75 Å². The number of nitrogens with zero attached hydrogens (tertiary/aromatic N) is 3.